The van der Waals surface area contributed by atoms with E-state index in [9.17, 15) is 0 Å². The molecule has 1 aromatic carbocycles. The molecule has 3 rings (SSSR count). The van der Waals surface area contributed by atoms with Crippen LogP contribution in [-0.4, -0.2) is 15.7 Å². The van der Waals surface area contributed by atoms with Gasteiger partial charge in [0, 0.05) is 11.4 Å². The Balaban J connectivity index is 1.82. The standard InChI is InChI=1S/C19H22N4/c1-14-12-15(2)21-19(20-14)23-22-18-11-7-6-10-17(18)13-16-8-4-3-5-9-16/h3-5,8-9,12-13H,6-7,10-11H2,1-2H3,(H,20,21,23)/b17-13+,22-18?. The van der Waals surface area contributed by atoms with Crippen LogP contribution in [0, 0.1) is 13.8 Å². The Morgan fingerprint density at radius 1 is 1.00 bits per heavy atom. The van der Waals surface area contributed by atoms with Crippen LogP contribution in [0.1, 0.15) is 42.6 Å². The number of rotatable bonds is 3. The Hall–Kier alpha value is -2.49. The van der Waals surface area contributed by atoms with Gasteiger partial charge in [0.2, 0.25) is 5.95 Å². The van der Waals surface area contributed by atoms with Gasteiger partial charge in [-0.25, -0.2) is 15.4 Å². The van der Waals surface area contributed by atoms with Crippen LogP contribution < -0.4 is 5.43 Å². The third-order valence-electron chi connectivity index (χ3n) is 3.89. The van der Waals surface area contributed by atoms with Gasteiger partial charge in [0.1, 0.15) is 0 Å². The van der Waals surface area contributed by atoms with Crippen molar-refractivity contribution < 1.29 is 0 Å². The van der Waals surface area contributed by atoms with Crippen molar-refractivity contribution in [3.05, 3.63) is 58.9 Å². The first-order valence-corrected chi connectivity index (χ1v) is 8.11. The highest BCUT2D eigenvalue weighted by Gasteiger charge is 2.13. The Kier molecular flexibility index (Phi) is 4.81. The molecule has 0 spiro atoms. The lowest BCUT2D eigenvalue weighted by Gasteiger charge is -2.17. The second-order valence-electron chi connectivity index (χ2n) is 5.93. The van der Waals surface area contributed by atoms with Crippen LogP contribution in [0.25, 0.3) is 6.08 Å². The molecule has 4 heteroatoms. The van der Waals surface area contributed by atoms with Crippen LogP contribution in [0.4, 0.5) is 5.95 Å². The lowest BCUT2D eigenvalue weighted by Crippen LogP contribution is -2.12. The molecule has 0 amide bonds. The first-order valence-electron chi connectivity index (χ1n) is 8.11. The molecule has 0 saturated heterocycles. The maximum Gasteiger partial charge on any atom is 0.243 e. The lowest BCUT2D eigenvalue weighted by atomic mass is 9.91. The third-order valence-corrected chi connectivity index (χ3v) is 3.89. The van der Waals surface area contributed by atoms with Crippen molar-refractivity contribution in [2.75, 3.05) is 5.43 Å². The number of hydrogen-bond acceptors (Lipinski definition) is 4. The number of allylic oxidation sites excluding steroid dienone is 1. The number of nitrogens with one attached hydrogen (secondary N) is 1. The third kappa shape index (κ3) is 4.25. The Bertz CT molecular complexity index is 712. The average molecular weight is 306 g/mol. The highest BCUT2D eigenvalue weighted by Crippen LogP contribution is 2.23. The van der Waals surface area contributed by atoms with E-state index < -0.39 is 0 Å². The summed E-state index contributed by atoms with van der Waals surface area (Å²) in [7, 11) is 0. The lowest BCUT2D eigenvalue weighted by molar-refractivity contribution is 0.734. The largest absolute Gasteiger partial charge is 0.245 e. The van der Waals surface area contributed by atoms with Crippen molar-refractivity contribution in [2.45, 2.75) is 39.5 Å². The number of hydrazone groups is 1. The predicted octanol–water partition coefficient (Wildman–Crippen LogP) is 4.52. The van der Waals surface area contributed by atoms with Crippen molar-refractivity contribution in [1.29, 1.82) is 0 Å². The quantitative estimate of drug-likeness (QED) is 0.848. The molecule has 118 valence electrons. The summed E-state index contributed by atoms with van der Waals surface area (Å²) >= 11 is 0. The molecule has 1 aromatic heterocycles. The van der Waals surface area contributed by atoms with E-state index >= 15 is 0 Å². The van der Waals surface area contributed by atoms with Gasteiger partial charge in [-0.1, -0.05) is 30.3 Å². The Morgan fingerprint density at radius 2 is 1.70 bits per heavy atom. The maximum atomic E-state index is 4.59. The maximum absolute atomic E-state index is 4.59. The Labute approximate surface area is 137 Å². The van der Waals surface area contributed by atoms with Crippen LogP contribution in [0.2, 0.25) is 0 Å². The van der Waals surface area contributed by atoms with E-state index in [1.165, 1.54) is 24.0 Å². The molecule has 0 unspecified atom stereocenters. The van der Waals surface area contributed by atoms with E-state index in [1.54, 1.807) is 0 Å². The summed E-state index contributed by atoms with van der Waals surface area (Å²) in [6.45, 7) is 3.93. The van der Waals surface area contributed by atoms with E-state index in [2.05, 4.69) is 50.8 Å². The summed E-state index contributed by atoms with van der Waals surface area (Å²) < 4.78 is 0. The van der Waals surface area contributed by atoms with Crippen molar-refractivity contribution in [1.82, 2.24) is 9.97 Å². The van der Waals surface area contributed by atoms with Crippen LogP contribution in [-0.2, 0) is 0 Å². The molecule has 1 aliphatic rings. The fourth-order valence-electron chi connectivity index (χ4n) is 2.84. The van der Waals surface area contributed by atoms with Gasteiger partial charge in [0.15, 0.2) is 0 Å². The molecular weight excluding hydrogens is 284 g/mol. The van der Waals surface area contributed by atoms with Crippen LogP contribution in [0.15, 0.2) is 47.1 Å². The smallest absolute Gasteiger partial charge is 0.243 e. The molecule has 1 heterocycles. The van der Waals surface area contributed by atoms with Crippen LogP contribution in [0.5, 0.6) is 0 Å². The second kappa shape index (κ2) is 7.18. The number of nitrogens with zero attached hydrogens (tertiary/aromatic N) is 3. The zero-order valence-electron chi connectivity index (χ0n) is 13.7. The summed E-state index contributed by atoms with van der Waals surface area (Å²) in [5, 5.41) is 4.59. The van der Waals surface area contributed by atoms with Gasteiger partial charge in [-0.05, 0) is 62.8 Å². The fourth-order valence-corrected chi connectivity index (χ4v) is 2.84. The van der Waals surface area contributed by atoms with Gasteiger partial charge in [-0.15, -0.1) is 0 Å². The first kappa shape index (κ1) is 15.4. The molecule has 0 aliphatic heterocycles. The summed E-state index contributed by atoms with van der Waals surface area (Å²) in [6.07, 6.45) is 6.71. The summed E-state index contributed by atoms with van der Waals surface area (Å²) in [6, 6.07) is 12.4. The van der Waals surface area contributed by atoms with Gasteiger partial charge < -0.3 is 0 Å². The minimum atomic E-state index is 0.569. The van der Waals surface area contributed by atoms with E-state index in [-0.39, 0.29) is 0 Å². The van der Waals surface area contributed by atoms with E-state index in [0.717, 1.165) is 29.9 Å². The highest BCUT2D eigenvalue weighted by atomic mass is 15.4. The Morgan fingerprint density at radius 3 is 2.43 bits per heavy atom. The minimum Gasteiger partial charge on any atom is -0.245 e. The summed E-state index contributed by atoms with van der Waals surface area (Å²) in [4.78, 5) is 8.76. The zero-order chi connectivity index (χ0) is 16.1. The molecular formula is C19H22N4. The SMILES string of the molecule is Cc1cc(C)nc(NN=C2CCCC/C2=C\c2ccccc2)n1. The van der Waals surface area contributed by atoms with E-state index in [0.29, 0.717) is 5.95 Å². The number of hydrogen-bond donors (Lipinski definition) is 1. The average Bonchev–Trinajstić information content (AvgIpc) is 2.54. The topological polar surface area (TPSA) is 50.2 Å². The van der Waals surface area contributed by atoms with Crippen molar-refractivity contribution in [3.8, 4) is 0 Å². The molecule has 0 bridgehead atoms. The molecule has 23 heavy (non-hydrogen) atoms. The van der Waals surface area contributed by atoms with Crippen LogP contribution >= 0.6 is 0 Å². The number of aromatic nitrogens is 2. The van der Waals surface area contributed by atoms with E-state index in [1.807, 2.05) is 26.0 Å². The normalized spacial score (nSPS) is 18.3. The van der Waals surface area contributed by atoms with Crippen LogP contribution in [0.3, 0.4) is 0 Å². The minimum absolute atomic E-state index is 0.569. The molecule has 1 saturated carbocycles. The molecule has 1 N–H and O–H groups in total. The number of aryl methyl sites for hydroxylation is 2. The fraction of sp³-hybridized carbons (Fsp3) is 0.316. The summed E-state index contributed by atoms with van der Waals surface area (Å²) in [5.41, 5.74) is 8.57. The van der Waals surface area contributed by atoms with Crippen molar-refractivity contribution in [2.24, 2.45) is 5.10 Å². The number of benzene rings is 1. The van der Waals surface area contributed by atoms with Gasteiger partial charge in [0.25, 0.3) is 0 Å². The first-order chi connectivity index (χ1) is 11.2. The molecule has 0 radical (unpaired) electrons. The second-order valence-corrected chi connectivity index (χ2v) is 5.93. The van der Waals surface area contributed by atoms with Crippen molar-refractivity contribution in [3.63, 3.8) is 0 Å². The van der Waals surface area contributed by atoms with Gasteiger partial charge in [0.05, 0.1) is 5.71 Å². The highest BCUT2D eigenvalue weighted by molar-refractivity contribution is 6.04. The molecule has 0 atom stereocenters. The van der Waals surface area contributed by atoms with Crippen molar-refractivity contribution >= 4 is 17.7 Å². The number of anilines is 1. The van der Waals surface area contributed by atoms with E-state index in [4.69, 9.17) is 0 Å². The monoisotopic (exact) mass is 306 g/mol. The molecule has 4 nitrogen and oxygen atoms in total. The summed E-state index contributed by atoms with van der Waals surface area (Å²) in [5.74, 6) is 0.569. The van der Waals surface area contributed by atoms with Gasteiger partial charge >= 0.3 is 0 Å². The van der Waals surface area contributed by atoms with Gasteiger partial charge in [-0.3, -0.25) is 0 Å². The zero-order valence-corrected chi connectivity index (χ0v) is 13.7. The van der Waals surface area contributed by atoms with Gasteiger partial charge in [-0.2, -0.15) is 5.10 Å². The molecule has 1 aliphatic carbocycles. The molecule has 2 aromatic rings. The molecule has 1 fully saturated rings. The predicted molar refractivity (Wildman–Crippen MR) is 95.5 cm³/mol.